The first kappa shape index (κ1) is 19.3. The molecule has 2 aromatic heterocycles. The third kappa shape index (κ3) is 4.64. The van der Waals surface area contributed by atoms with E-state index in [9.17, 15) is 14.7 Å². The van der Waals surface area contributed by atoms with Gasteiger partial charge in [-0.2, -0.15) is 0 Å². The molecular formula is C19H18N3O3S2-. The Morgan fingerprint density at radius 3 is 2.67 bits per heavy atom. The second-order valence-electron chi connectivity index (χ2n) is 6.06. The summed E-state index contributed by atoms with van der Waals surface area (Å²) in [5.74, 6) is -1.61. The van der Waals surface area contributed by atoms with Gasteiger partial charge in [0.15, 0.2) is 0 Å². The maximum absolute atomic E-state index is 12.3. The van der Waals surface area contributed by atoms with Gasteiger partial charge >= 0.3 is 0 Å². The Kier molecular flexibility index (Phi) is 6.08. The number of carbonyl (C=O) groups excluding carboxylic acids is 2. The third-order valence-corrected chi connectivity index (χ3v) is 6.28. The Hall–Kier alpha value is -2.45. The minimum atomic E-state index is -1.30. The molecule has 0 spiro atoms. The van der Waals surface area contributed by atoms with Gasteiger partial charge in [-0.3, -0.25) is 4.79 Å². The number of benzene rings is 1. The Morgan fingerprint density at radius 1 is 1.22 bits per heavy atom. The predicted molar refractivity (Wildman–Crippen MR) is 105 cm³/mol. The van der Waals surface area contributed by atoms with Crippen molar-refractivity contribution < 1.29 is 14.7 Å². The molecule has 0 fully saturated rings. The lowest BCUT2D eigenvalue weighted by molar-refractivity contribution is -0.308. The normalized spacial score (nSPS) is 12.1. The number of aliphatic carboxylic acids is 1. The van der Waals surface area contributed by atoms with Gasteiger partial charge in [0.2, 0.25) is 5.91 Å². The van der Waals surface area contributed by atoms with Crippen molar-refractivity contribution in [1.29, 1.82) is 0 Å². The summed E-state index contributed by atoms with van der Waals surface area (Å²) in [6.07, 6.45) is 1.66. The topological polar surface area (TPSA) is 95.0 Å². The van der Waals surface area contributed by atoms with Crippen molar-refractivity contribution in [2.75, 3.05) is 5.75 Å². The number of thioether (sulfide) groups is 1. The molecule has 2 heterocycles. The number of hydrogen-bond acceptors (Lipinski definition) is 7. The molecule has 0 aliphatic carbocycles. The average molecular weight is 401 g/mol. The van der Waals surface area contributed by atoms with Crippen LogP contribution in [0.5, 0.6) is 0 Å². The van der Waals surface area contributed by atoms with Crippen LogP contribution in [0, 0.1) is 13.8 Å². The highest BCUT2D eigenvalue weighted by Crippen LogP contribution is 2.34. The molecule has 1 atom stereocenters. The first-order valence-corrected chi connectivity index (χ1v) is 10.1. The monoisotopic (exact) mass is 400 g/mol. The number of hydrogen-bond donors (Lipinski definition) is 1. The molecule has 3 aromatic rings. The summed E-state index contributed by atoms with van der Waals surface area (Å²) in [6.45, 7) is 4.03. The van der Waals surface area contributed by atoms with Gasteiger partial charge in [0.05, 0.1) is 17.8 Å². The summed E-state index contributed by atoms with van der Waals surface area (Å²) in [4.78, 5) is 34.3. The molecule has 140 valence electrons. The molecule has 0 aliphatic rings. The molecule has 0 saturated heterocycles. The van der Waals surface area contributed by atoms with Crippen molar-refractivity contribution in [2.45, 2.75) is 31.3 Å². The summed E-state index contributed by atoms with van der Waals surface area (Å²) in [5.41, 5.74) is 1.93. The van der Waals surface area contributed by atoms with Crippen LogP contribution in [-0.2, 0) is 16.0 Å². The van der Waals surface area contributed by atoms with Crippen LogP contribution in [0.3, 0.4) is 0 Å². The van der Waals surface area contributed by atoms with E-state index in [1.807, 2.05) is 44.2 Å². The van der Waals surface area contributed by atoms with E-state index in [1.165, 1.54) is 18.1 Å². The molecule has 0 aliphatic heterocycles. The fourth-order valence-corrected chi connectivity index (χ4v) is 4.60. The molecule has 0 unspecified atom stereocenters. The number of aromatic nitrogens is 2. The van der Waals surface area contributed by atoms with Gasteiger partial charge in [-0.1, -0.05) is 42.1 Å². The largest absolute Gasteiger partial charge is 0.548 e. The fraction of sp³-hybridized carbons (Fsp3) is 0.263. The van der Waals surface area contributed by atoms with Crippen LogP contribution in [0.1, 0.15) is 16.0 Å². The molecule has 6 nitrogen and oxygen atoms in total. The summed E-state index contributed by atoms with van der Waals surface area (Å²) < 4.78 is 0. The lowest BCUT2D eigenvalue weighted by Gasteiger charge is -2.19. The standard InChI is InChI=1S/C19H19N3O3S2/c1-11-12(2)27-18-16(11)17(20-10-21-18)26-9-15(23)22-14(19(24)25)8-13-6-4-3-5-7-13/h3-7,10,14H,8-9H2,1-2H3,(H,22,23)(H,24,25)/p-1/t14-/m0/s1. The highest BCUT2D eigenvalue weighted by molar-refractivity contribution is 8.00. The number of fused-ring (bicyclic) bond motifs is 1. The fourth-order valence-electron chi connectivity index (χ4n) is 2.67. The van der Waals surface area contributed by atoms with E-state index in [-0.39, 0.29) is 18.1 Å². The molecule has 27 heavy (non-hydrogen) atoms. The van der Waals surface area contributed by atoms with E-state index in [1.54, 1.807) is 11.3 Å². The van der Waals surface area contributed by atoms with Gasteiger partial charge in [-0.05, 0) is 31.4 Å². The van der Waals surface area contributed by atoms with E-state index < -0.39 is 12.0 Å². The SMILES string of the molecule is Cc1sc2ncnc(SCC(=O)N[C@@H](Cc3ccccc3)C(=O)[O-])c2c1C. The second-order valence-corrected chi connectivity index (χ2v) is 8.23. The summed E-state index contributed by atoms with van der Waals surface area (Å²) >= 11 is 2.87. The van der Waals surface area contributed by atoms with E-state index in [4.69, 9.17) is 0 Å². The number of thiophene rings is 1. The second kappa shape index (κ2) is 8.49. The summed E-state index contributed by atoms with van der Waals surface area (Å²) in [7, 11) is 0. The third-order valence-electron chi connectivity index (χ3n) is 4.17. The molecule has 1 N–H and O–H groups in total. The maximum Gasteiger partial charge on any atom is 0.230 e. The number of aryl methyl sites for hydroxylation is 2. The first-order valence-electron chi connectivity index (χ1n) is 8.33. The number of rotatable bonds is 7. The number of nitrogens with one attached hydrogen (secondary N) is 1. The van der Waals surface area contributed by atoms with Crippen LogP contribution in [-0.4, -0.2) is 33.6 Å². The number of carboxylic acids is 1. The number of carboxylic acid groups (broad SMARTS) is 1. The smallest absolute Gasteiger partial charge is 0.230 e. The minimum Gasteiger partial charge on any atom is -0.548 e. The minimum absolute atomic E-state index is 0.0685. The van der Waals surface area contributed by atoms with Crippen molar-refractivity contribution in [3.05, 3.63) is 52.7 Å². The Bertz CT molecular complexity index is 973. The predicted octanol–water partition coefficient (Wildman–Crippen LogP) is 1.88. The van der Waals surface area contributed by atoms with E-state index in [2.05, 4.69) is 15.3 Å². The van der Waals surface area contributed by atoms with Crippen LogP contribution in [0.2, 0.25) is 0 Å². The Morgan fingerprint density at radius 2 is 1.96 bits per heavy atom. The van der Waals surface area contributed by atoms with Gasteiger partial charge in [0.25, 0.3) is 0 Å². The van der Waals surface area contributed by atoms with Crippen LogP contribution in [0.25, 0.3) is 10.2 Å². The molecule has 3 rings (SSSR count). The van der Waals surface area contributed by atoms with Crippen molar-refractivity contribution in [2.24, 2.45) is 0 Å². The van der Waals surface area contributed by atoms with Gasteiger partial charge in [-0.25, -0.2) is 9.97 Å². The zero-order chi connectivity index (χ0) is 19.4. The summed E-state index contributed by atoms with van der Waals surface area (Å²) in [5, 5.41) is 15.6. The molecular weight excluding hydrogens is 382 g/mol. The van der Waals surface area contributed by atoms with Crippen LogP contribution < -0.4 is 10.4 Å². The molecule has 1 amide bonds. The highest BCUT2D eigenvalue weighted by atomic mass is 32.2. The Labute approximate surface area is 165 Å². The Balaban J connectivity index is 1.66. The van der Waals surface area contributed by atoms with Gasteiger partial charge in [0.1, 0.15) is 16.2 Å². The molecule has 0 radical (unpaired) electrons. The first-order chi connectivity index (χ1) is 13.0. The average Bonchev–Trinajstić information content (AvgIpc) is 2.95. The number of nitrogens with zero attached hydrogens (tertiary/aromatic N) is 2. The quantitative estimate of drug-likeness (QED) is 0.481. The molecule has 8 heteroatoms. The van der Waals surface area contributed by atoms with Crippen LogP contribution in [0.4, 0.5) is 0 Å². The van der Waals surface area contributed by atoms with Crippen LogP contribution in [0.15, 0.2) is 41.7 Å². The van der Waals surface area contributed by atoms with Crippen molar-refractivity contribution in [1.82, 2.24) is 15.3 Å². The number of carbonyl (C=O) groups is 2. The van der Waals surface area contributed by atoms with Gasteiger partial charge in [0, 0.05) is 10.3 Å². The lowest BCUT2D eigenvalue weighted by atomic mass is 10.1. The zero-order valence-corrected chi connectivity index (χ0v) is 16.5. The molecule has 0 saturated carbocycles. The molecule has 0 bridgehead atoms. The van der Waals surface area contributed by atoms with Crippen molar-refractivity contribution in [3.63, 3.8) is 0 Å². The van der Waals surface area contributed by atoms with Crippen LogP contribution >= 0.6 is 23.1 Å². The maximum atomic E-state index is 12.3. The van der Waals surface area contributed by atoms with E-state index in [0.717, 1.165) is 31.2 Å². The highest BCUT2D eigenvalue weighted by Gasteiger charge is 2.17. The zero-order valence-electron chi connectivity index (χ0n) is 14.9. The van der Waals surface area contributed by atoms with Crippen molar-refractivity contribution >= 4 is 45.2 Å². The number of amides is 1. The van der Waals surface area contributed by atoms with E-state index in [0.29, 0.717) is 0 Å². The molecule has 1 aromatic carbocycles. The summed E-state index contributed by atoms with van der Waals surface area (Å²) in [6, 6.07) is 8.06. The van der Waals surface area contributed by atoms with E-state index >= 15 is 0 Å². The van der Waals surface area contributed by atoms with Gasteiger partial charge in [-0.15, -0.1) is 11.3 Å². The van der Waals surface area contributed by atoms with Gasteiger partial charge < -0.3 is 15.2 Å². The van der Waals surface area contributed by atoms with Crippen molar-refractivity contribution in [3.8, 4) is 0 Å². The lowest BCUT2D eigenvalue weighted by Crippen LogP contribution is -2.49.